The van der Waals surface area contributed by atoms with Gasteiger partial charge in [-0.2, -0.15) is 17.6 Å². The molecule has 5 amide bonds. The standard InChI is InChI=1S/C25H21F4N3O2.C23H21F4N3O3/c1-13-10-15(3-6-19(13)26)31-23(33)14-2-5-20(27)18(11-14)25(28,29)24(34)32-16-4-7-22(32)17-8-9-30-21(17)12-16;1-13-10-15(3-6-18(13)24)28-21(32)14-2-5-19(25)17(11-14)23(26,27)22(33)29-8-9-30-16(12-29)4-7-20(30)31/h2-3,5-6,8-11,16,22,30H,4,7,12H2,1H3,(H,31,33);2-3,5-6,10-11,16H,4,7-9,12H2,1H3,(H,28,32). The Morgan fingerprint density at radius 2 is 1.18 bits per heavy atom. The predicted octanol–water partition coefficient (Wildman–Crippen LogP) is 8.68. The van der Waals surface area contributed by atoms with Gasteiger partial charge in [-0.3, -0.25) is 24.0 Å². The maximum atomic E-state index is 15.4. The summed E-state index contributed by atoms with van der Waals surface area (Å²) >= 11 is 0. The summed E-state index contributed by atoms with van der Waals surface area (Å²) in [6.07, 6.45) is 4.07. The molecule has 1 aromatic heterocycles. The minimum Gasteiger partial charge on any atom is -0.365 e. The molecule has 3 atom stereocenters. The highest BCUT2D eigenvalue weighted by Gasteiger charge is 2.54. The second-order valence-electron chi connectivity index (χ2n) is 17.0. The van der Waals surface area contributed by atoms with Gasteiger partial charge in [0.1, 0.15) is 23.3 Å². The molecule has 3 unspecified atom stereocenters. The molecular weight excluding hydrogens is 893 g/mol. The van der Waals surface area contributed by atoms with Crippen LogP contribution in [0.3, 0.4) is 0 Å². The fourth-order valence-electron chi connectivity index (χ4n) is 9.14. The highest BCUT2D eigenvalue weighted by atomic mass is 19.3. The molecule has 2 bridgehead atoms. The van der Waals surface area contributed by atoms with Crippen molar-refractivity contribution in [3.8, 4) is 0 Å². The summed E-state index contributed by atoms with van der Waals surface area (Å²) in [5.41, 5.74) is -0.110. The van der Waals surface area contributed by atoms with Gasteiger partial charge in [-0.25, -0.2) is 17.6 Å². The number of benzene rings is 4. The van der Waals surface area contributed by atoms with Crippen molar-refractivity contribution in [2.24, 2.45) is 0 Å². The fraction of sp³-hybridized carbons (Fsp3) is 0.312. The van der Waals surface area contributed by atoms with E-state index in [9.17, 15) is 41.5 Å². The summed E-state index contributed by atoms with van der Waals surface area (Å²) < 4.78 is 117. The van der Waals surface area contributed by atoms with Gasteiger partial charge in [0.2, 0.25) is 5.91 Å². The quantitative estimate of drug-likeness (QED) is 0.134. The van der Waals surface area contributed by atoms with Gasteiger partial charge in [0.25, 0.3) is 23.6 Å². The summed E-state index contributed by atoms with van der Waals surface area (Å²) in [7, 11) is 0. The second-order valence-corrected chi connectivity index (χ2v) is 17.0. The number of rotatable bonds is 8. The van der Waals surface area contributed by atoms with Crippen LogP contribution in [0.5, 0.6) is 0 Å². The summed E-state index contributed by atoms with van der Waals surface area (Å²) in [4.78, 5) is 69.4. The molecule has 0 spiro atoms. The molecular formula is C48H42F8N6O5. The number of halogens is 8. The number of hydrogen-bond donors (Lipinski definition) is 3. The zero-order chi connectivity index (χ0) is 48.1. The molecule has 4 aromatic carbocycles. The Morgan fingerprint density at radius 3 is 1.73 bits per heavy atom. The van der Waals surface area contributed by atoms with Crippen molar-refractivity contribution >= 4 is 40.9 Å². The summed E-state index contributed by atoms with van der Waals surface area (Å²) in [6, 6.07) is 13.1. The minimum absolute atomic E-state index is 0.0497. The lowest BCUT2D eigenvalue weighted by Gasteiger charge is -2.38. The molecule has 5 heterocycles. The van der Waals surface area contributed by atoms with E-state index in [0.717, 1.165) is 46.5 Å². The molecule has 3 fully saturated rings. The molecule has 4 aliphatic rings. The third-order valence-electron chi connectivity index (χ3n) is 12.7. The molecule has 3 N–H and O–H groups in total. The van der Waals surface area contributed by atoms with Gasteiger partial charge in [-0.05, 0) is 129 Å². The van der Waals surface area contributed by atoms with Crippen molar-refractivity contribution in [1.29, 1.82) is 0 Å². The van der Waals surface area contributed by atoms with Crippen LogP contribution in [-0.4, -0.2) is 80.9 Å². The molecule has 0 saturated carbocycles. The van der Waals surface area contributed by atoms with Crippen molar-refractivity contribution in [1.82, 2.24) is 19.7 Å². The Morgan fingerprint density at radius 1 is 0.642 bits per heavy atom. The van der Waals surface area contributed by atoms with E-state index >= 15 is 17.6 Å². The molecule has 9 rings (SSSR count). The first-order valence-corrected chi connectivity index (χ1v) is 21.3. The van der Waals surface area contributed by atoms with Crippen LogP contribution in [0.1, 0.15) is 86.0 Å². The number of aryl methyl sites for hydroxylation is 2. The molecule has 3 saturated heterocycles. The lowest BCUT2D eigenvalue weighted by molar-refractivity contribution is -0.163. The molecule has 19 heteroatoms. The molecule has 11 nitrogen and oxygen atoms in total. The van der Waals surface area contributed by atoms with Crippen LogP contribution in [0.2, 0.25) is 0 Å². The van der Waals surface area contributed by atoms with Crippen molar-refractivity contribution in [3.63, 3.8) is 0 Å². The number of nitrogens with zero attached hydrogens (tertiary/aromatic N) is 3. The smallest absolute Gasteiger partial charge is 0.352 e. The molecule has 4 aliphatic heterocycles. The van der Waals surface area contributed by atoms with Gasteiger partial charge in [-0.1, -0.05) is 0 Å². The number of anilines is 2. The lowest BCUT2D eigenvalue weighted by Crippen LogP contribution is -2.56. The monoisotopic (exact) mass is 934 g/mol. The first kappa shape index (κ1) is 46.5. The molecule has 5 aromatic rings. The van der Waals surface area contributed by atoms with Crippen LogP contribution in [0.15, 0.2) is 85.1 Å². The number of H-pyrrole nitrogens is 1. The largest absolute Gasteiger partial charge is 0.365 e. The summed E-state index contributed by atoms with van der Waals surface area (Å²) in [6.45, 7) is 3.02. The topological polar surface area (TPSA) is 135 Å². The Bertz CT molecular complexity index is 2820. The average Bonchev–Trinajstić information content (AvgIpc) is 4.02. The number of amides is 5. The van der Waals surface area contributed by atoms with E-state index in [1.807, 2.05) is 0 Å². The van der Waals surface area contributed by atoms with E-state index in [0.29, 0.717) is 50.3 Å². The van der Waals surface area contributed by atoms with Crippen LogP contribution in [-0.2, 0) is 32.6 Å². The number of piperazine rings is 1. The van der Waals surface area contributed by atoms with Crippen molar-refractivity contribution in [2.45, 2.75) is 75.9 Å². The molecule has 350 valence electrons. The van der Waals surface area contributed by atoms with Crippen molar-refractivity contribution in [3.05, 3.63) is 153 Å². The predicted molar refractivity (Wildman–Crippen MR) is 227 cm³/mol. The Kier molecular flexibility index (Phi) is 12.5. The van der Waals surface area contributed by atoms with Crippen LogP contribution < -0.4 is 10.6 Å². The van der Waals surface area contributed by atoms with Crippen molar-refractivity contribution in [2.75, 3.05) is 30.3 Å². The maximum Gasteiger partial charge on any atom is 0.352 e. The third kappa shape index (κ3) is 8.98. The van der Waals surface area contributed by atoms with Crippen LogP contribution in [0, 0.1) is 37.1 Å². The Balaban J connectivity index is 0.000000182. The van der Waals surface area contributed by atoms with Gasteiger partial charge in [0.15, 0.2) is 0 Å². The van der Waals surface area contributed by atoms with E-state index in [1.165, 1.54) is 43.0 Å². The number of aromatic nitrogens is 1. The van der Waals surface area contributed by atoms with Gasteiger partial charge in [-0.15, -0.1) is 0 Å². The summed E-state index contributed by atoms with van der Waals surface area (Å²) in [5.74, 6) is -16.6. The maximum absolute atomic E-state index is 15.4. The lowest BCUT2D eigenvalue weighted by atomic mass is 9.97. The number of hydrogen-bond acceptors (Lipinski definition) is 5. The van der Waals surface area contributed by atoms with Gasteiger partial charge < -0.3 is 30.3 Å². The number of carbonyl (C=O) groups is 5. The summed E-state index contributed by atoms with van der Waals surface area (Å²) in [5, 5.41) is 4.92. The third-order valence-corrected chi connectivity index (χ3v) is 12.7. The average molecular weight is 935 g/mol. The van der Waals surface area contributed by atoms with Crippen LogP contribution in [0.4, 0.5) is 46.5 Å². The van der Waals surface area contributed by atoms with E-state index in [1.54, 1.807) is 17.2 Å². The van der Waals surface area contributed by atoms with E-state index < -0.39 is 82.0 Å². The van der Waals surface area contributed by atoms with Gasteiger partial charge in [0, 0.05) is 79.0 Å². The van der Waals surface area contributed by atoms with Crippen LogP contribution >= 0.6 is 0 Å². The number of nitrogens with one attached hydrogen (secondary N) is 3. The fourth-order valence-corrected chi connectivity index (χ4v) is 9.14. The number of carbonyl (C=O) groups excluding carboxylic acids is 5. The molecule has 0 radical (unpaired) electrons. The number of aromatic amines is 1. The highest BCUT2D eigenvalue weighted by Crippen LogP contribution is 2.47. The molecule has 0 aliphatic carbocycles. The second kappa shape index (κ2) is 18.0. The van der Waals surface area contributed by atoms with Crippen LogP contribution in [0.25, 0.3) is 0 Å². The van der Waals surface area contributed by atoms with E-state index in [-0.39, 0.29) is 65.2 Å². The Hall–Kier alpha value is -7.05. The Labute approximate surface area is 378 Å². The molecule has 67 heavy (non-hydrogen) atoms. The SMILES string of the molecule is Cc1cc(NC(=O)c2ccc(F)c(C(F)(F)C(=O)N3C4CCC3c3cc[nH]c3C4)c2)ccc1F.Cc1cc(NC(=O)c2ccc(F)c(C(F)(F)C(=O)N3CCN4C(=O)CCC4C3)c2)ccc1F. The van der Waals surface area contributed by atoms with Gasteiger partial charge >= 0.3 is 11.8 Å². The van der Waals surface area contributed by atoms with E-state index in [2.05, 4.69) is 15.6 Å². The van der Waals surface area contributed by atoms with Gasteiger partial charge in [0.05, 0.1) is 17.2 Å². The highest BCUT2D eigenvalue weighted by molar-refractivity contribution is 6.05. The number of alkyl halides is 4. The first-order chi connectivity index (χ1) is 31.7. The normalized spacial score (nSPS) is 18.7. The zero-order valence-corrected chi connectivity index (χ0v) is 35.9. The van der Waals surface area contributed by atoms with Crippen molar-refractivity contribution < 1.29 is 59.1 Å². The van der Waals surface area contributed by atoms with E-state index in [4.69, 9.17) is 0 Å². The first-order valence-electron chi connectivity index (χ1n) is 21.3. The zero-order valence-electron chi connectivity index (χ0n) is 35.9. The minimum atomic E-state index is -4.21. The number of fused-ring (bicyclic) bond motifs is 5.